The van der Waals surface area contributed by atoms with Crippen molar-refractivity contribution in [3.63, 3.8) is 0 Å². The topological polar surface area (TPSA) is 105 Å². The largest absolute Gasteiger partial charge is 0.484 e. The maximum absolute atomic E-state index is 12.6. The molecule has 4 rings (SSSR count). The highest BCUT2D eigenvalue weighted by Gasteiger charge is 2.18. The van der Waals surface area contributed by atoms with Gasteiger partial charge in [-0.2, -0.15) is 0 Å². The van der Waals surface area contributed by atoms with Crippen LogP contribution in [-0.2, 0) is 26.0 Å². The summed E-state index contributed by atoms with van der Waals surface area (Å²) in [6.07, 6.45) is 2.47. The summed E-state index contributed by atoms with van der Waals surface area (Å²) >= 11 is 3.31. The van der Waals surface area contributed by atoms with Crippen molar-refractivity contribution in [1.29, 1.82) is 0 Å². The molecule has 0 unspecified atom stereocenters. The molecule has 2 amide bonds. The number of benzene rings is 3. The summed E-state index contributed by atoms with van der Waals surface area (Å²) in [4.78, 5) is 26.5. The minimum absolute atomic E-state index is 0.0746. The lowest BCUT2D eigenvalue weighted by molar-refractivity contribution is -0.129. The molecule has 1 fully saturated rings. The first-order chi connectivity index (χ1) is 17.3. The second-order valence-electron chi connectivity index (χ2n) is 8.38. The van der Waals surface area contributed by atoms with Crippen LogP contribution in [-0.4, -0.2) is 44.8 Å². The predicted octanol–water partition coefficient (Wildman–Crippen LogP) is 4.43. The summed E-state index contributed by atoms with van der Waals surface area (Å²) in [6.45, 7) is 1.42. The molecule has 1 aliphatic heterocycles. The Morgan fingerprint density at radius 2 is 1.47 bits per heavy atom. The summed E-state index contributed by atoms with van der Waals surface area (Å²) in [5, 5.41) is 2.75. The number of rotatable bonds is 9. The van der Waals surface area contributed by atoms with Gasteiger partial charge in [-0.1, -0.05) is 28.1 Å². The Morgan fingerprint density at radius 3 is 2.11 bits per heavy atom. The van der Waals surface area contributed by atoms with Gasteiger partial charge in [-0.3, -0.25) is 14.3 Å². The van der Waals surface area contributed by atoms with E-state index >= 15 is 0 Å². The van der Waals surface area contributed by atoms with Gasteiger partial charge in [0.2, 0.25) is 5.91 Å². The quantitative estimate of drug-likeness (QED) is 0.395. The van der Waals surface area contributed by atoms with E-state index in [1.165, 1.54) is 24.3 Å². The molecule has 0 aliphatic carbocycles. The molecule has 0 bridgehead atoms. The lowest BCUT2D eigenvalue weighted by Gasteiger charge is -2.15. The van der Waals surface area contributed by atoms with Crippen molar-refractivity contribution < 1.29 is 22.7 Å². The summed E-state index contributed by atoms with van der Waals surface area (Å²) in [7, 11) is -3.76. The number of nitrogens with one attached hydrogen (secondary N) is 2. The molecule has 2 N–H and O–H groups in total. The number of ether oxygens (including phenoxy) is 1. The summed E-state index contributed by atoms with van der Waals surface area (Å²) < 4.78 is 34.0. The van der Waals surface area contributed by atoms with Crippen LogP contribution in [0.15, 0.2) is 82.2 Å². The molecule has 1 saturated heterocycles. The lowest BCUT2D eigenvalue weighted by Crippen LogP contribution is -2.29. The number of carbonyl (C=O) groups is 2. The number of anilines is 2. The molecule has 8 nitrogen and oxygen atoms in total. The second kappa shape index (κ2) is 11.6. The number of amides is 2. The fraction of sp³-hybridized carbons (Fsp3) is 0.231. The van der Waals surface area contributed by atoms with E-state index in [1.54, 1.807) is 36.4 Å². The van der Waals surface area contributed by atoms with Gasteiger partial charge >= 0.3 is 0 Å². The van der Waals surface area contributed by atoms with E-state index in [-0.39, 0.29) is 23.3 Å². The molecule has 1 heterocycles. The van der Waals surface area contributed by atoms with E-state index < -0.39 is 10.0 Å². The number of hydrogen-bond donors (Lipinski definition) is 2. The van der Waals surface area contributed by atoms with Crippen molar-refractivity contribution in [2.45, 2.75) is 24.2 Å². The number of carbonyl (C=O) groups excluding carboxylic acids is 2. The number of sulfonamides is 1. The van der Waals surface area contributed by atoms with Crippen LogP contribution in [0.1, 0.15) is 18.4 Å². The Bertz CT molecular complexity index is 1310. The van der Waals surface area contributed by atoms with Gasteiger partial charge in [-0.05, 0) is 79.1 Å². The van der Waals surface area contributed by atoms with Crippen molar-refractivity contribution in [2.24, 2.45) is 0 Å². The van der Waals surface area contributed by atoms with Crippen molar-refractivity contribution in [1.82, 2.24) is 4.90 Å². The van der Waals surface area contributed by atoms with Crippen LogP contribution in [0.5, 0.6) is 5.75 Å². The van der Waals surface area contributed by atoms with Crippen molar-refractivity contribution >= 4 is 49.1 Å². The van der Waals surface area contributed by atoms with Gasteiger partial charge < -0.3 is 15.0 Å². The molecule has 1 aliphatic rings. The molecular formula is C26H26BrN3O5S. The minimum Gasteiger partial charge on any atom is -0.484 e. The smallest absolute Gasteiger partial charge is 0.262 e. The Labute approximate surface area is 218 Å². The van der Waals surface area contributed by atoms with Gasteiger partial charge in [0.15, 0.2) is 6.61 Å². The molecule has 3 aromatic carbocycles. The lowest BCUT2D eigenvalue weighted by atomic mass is 10.1. The fourth-order valence-corrected chi connectivity index (χ4v) is 5.07. The molecule has 0 saturated carbocycles. The minimum atomic E-state index is -3.76. The highest BCUT2D eigenvalue weighted by molar-refractivity contribution is 9.10. The molecule has 0 spiro atoms. The predicted molar refractivity (Wildman–Crippen MR) is 141 cm³/mol. The van der Waals surface area contributed by atoms with E-state index in [4.69, 9.17) is 4.74 Å². The summed E-state index contributed by atoms with van der Waals surface area (Å²) in [5.74, 6) is 0.133. The monoisotopic (exact) mass is 571 g/mol. The van der Waals surface area contributed by atoms with Crippen molar-refractivity contribution in [2.75, 3.05) is 29.7 Å². The molecule has 188 valence electrons. The van der Waals surface area contributed by atoms with E-state index in [0.29, 0.717) is 23.5 Å². The molecule has 0 radical (unpaired) electrons. The van der Waals surface area contributed by atoms with Gasteiger partial charge in [0.25, 0.3) is 15.9 Å². The van der Waals surface area contributed by atoms with Crippen LogP contribution in [0.3, 0.4) is 0 Å². The Kier molecular flexibility index (Phi) is 8.27. The highest BCUT2D eigenvalue weighted by atomic mass is 79.9. The van der Waals surface area contributed by atoms with Crippen molar-refractivity contribution in [3.8, 4) is 5.75 Å². The molecular weight excluding hydrogens is 546 g/mol. The van der Waals surface area contributed by atoms with Gasteiger partial charge in [-0.15, -0.1) is 0 Å². The number of likely N-dealkylation sites (tertiary alicyclic amines) is 1. The second-order valence-corrected chi connectivity index (χ2v) is 11.0. The van der Waals surface area contributed by atoms with E-state index in [2.05, 4.69) is 26.0 Å². The first-order valence-electron chi connectivity index (χ1n) is 11.5. The van der Waals surface area contributed by atoms with Crippen LogP contribution in [0.2, 0.25) is 0 Å². The average Bonchev–Trinajstić information content (AvgIpc) is 3.41. The molecule has 0 atom stereocenters. The maximum atomic E-state index is 12.6. The first kappa shape index (κ1) is 25.7. The third kappa shape index (κ3) is 7.08. The first-order valence-corrected chi connectivity index (χ1v) is 13.7. The third-order valence-corrected chi connectivity index (χ3v) is 7.58. The third-order valence-electron chi connectivity index (χ3n) is 5.65. The Hall–Kier alpha value is -3.37. The van der Waals surface area contributed by atoms with Gasteiger partial charge in [0.05, 0.1) is 11.3 Å². The van der Waals surface area contributed by atoms with Gasteiger partial charge in [0.1, 0.15) is 5.75 Å². The number of halogens is 1. The van der Waals surface area contributed by atoms with Gasteiger partial charge in [0, 0.05) is 28.9 Å². The van der Waals surface area contributed by atoms with Gasteiger partial charge in [-0.25, -0.2) is 8.42 Å². The standard InChI is InChI=1S/C26H26BrN3O5S/c27-20-5-9-22(10-6-20)29-36(33,34)24-13-11-23(12-14-24)35-18-25(31)28-21-7-3-19(4-8-21)17-26(32)30-15-1-2-16-30/h3-14,29H,1-2,15-18H2,(H,28,31). The molecule has 10 heteroatoms. The number of hydrogen-bond acceptors (Lipinski definition) is 5. The normalized spacial score (nSPS) is 13.3. The zero-order chi connectivity index (χ0) is 25.5. The van der Waals surface area contributed by atoms with Crippen LogP contribution < -0.4 is 14.8 Å². The Morgan fingerprint density at radius 1 is 0.861 bits per heavy atom. The van der Waals surface area contributed by atoms with E-state index in [0.717, 1.165) is 36.0 Å². The molecule has 36 heavy (non-hydrogen) atoms. The summed E-state index contributed by atoms with van der Waals surface area (Å²) in [5.41, 5.74) is 1.94. The maximum Gasteiger partial charge on any atom is 0.262 e. The van der Waals surface area contributed by atoms with Crippen LogP contribution in [0.25, 0.3) is 0 Å². The average molecular weight is 572 g/mol. The molecule has 3 aromatic rings. The van der Waals surface area contributed by atoms with Crippen molar-refractivity contribution in [3.05, 3.63) is 82.8 Å². The highest BCUT2D eigenvalue weighted by Crippen LogP contribution is 2.21. The van der Waals surface area contributed by atoms with E-state index in [1.807, 2.05) is 17.0 Å². The van der Waals surface area contributed by atoms with Crippen LogP contribution in [0.4, 0.5) is 11.4 Å². The van der Waals surface area contributed by atoms with E-state index in [9.17, 15) is 18.0 Å². The Balaban J connectivity index is 1.25. The zero-order valence-corrected chi connectivity index (χ0v) is 21.8. The zero-order valence-electron chi connectivity index (χ0n) is 19.4. The fourth-order valence-electron chi connectivity index (χ4n) is 3.75. The van der Waals surface area contributed by atoms with Crippen LogP contribution >= 0.6 is 15.9 Å². The number of nitrogens with zero attached hydrogens (tertiary/aromatic N) is 1. The van der Waals surface area contributed by atoms with Crippen LogP contribution in [0, 0.1) is 0 Å². The SMILES string of the molecule is O=C(COc1ccc(S(=O)(=O)Nc2ccc(Br)cc2)cc1)Nc1ccc(CC(=O)N2CCCC2)cc1. The molecule has 0 aromatic heterocycles. The summed E-state index contributed by atoms with van der Waals surface area (Å²) in [6, 6.07) is 19.8.